The molecule has 2 aromatic heterocycles. The van der Waals surface area contributed by atoms with Crippen LogP contribution in [0.4, 0.5) is 5.69 Å². The van der Waals surface area contributed by atoms with Crippen molar-refractivity contribution in [2.45, 2.75) is 0 Å². The van der Waals surface area contributed by atoms with E-state index in [9.17, 15) is 4.79 Å². The van der Waals surface area contributed by atoms with Crippen LogP contribution in [0, 0.1) is 0 Å². The average Bonchev–Trinajstić information content (AvgIpc) is 2.36. The Labute approximate surface area is 98.0 Å². The van der Waals surface area contributed by atoms with E-state index in [1.54, 1.807) is 30.7 Å². The lowest BCUT2D eigenvalue weighted by molar-refractivity contribution is 0.102. The first-order valence-electron chi connectivity index (χ1n) is 5.23. The molecule has 0 radical (unpaired) electrons. The van der Waals surface area contributed by atoms with Gasteiger partial charge in [-0.1, -0.05) is 6.08 Å². The van der Waals surface area contributed by atoms with Crippen LogP contribution in [0.25, 0.3) is 12.2 Å². The zero-order chi connectivity index (χ0) is 11.7. The third kappa shape index (κ3) is 1.69. The van der Waals surface area contributed by atoms with Crippen LogP contribution in [0.5, 0.6) is 0 Å². The summed E-state index contributed by atoms with van der Waals surface area (Å²) in [6, 6.07) is 5.42. The molecule has 0 atom stereocenters. The number of aromatic nitrogens is 2. The van der Waals surface area contributed by atoms with E-state index in [2.05, 4.69) is 15.3 Å². The highest BCUT2D eigenvalue weighted by Crippen LogP contribution is 2.21. The maximum absolute atomic E-state index is 12.0. The van der Waals surface area contributed by atoms with Gasteiger partial charge >= 0.3 is 0 Å². The van der Waals surface area contributed by atoms with Crippen LogP contribution in [0.1, 0.15) is 21.6 Å². The molecule has 4 heteroatoms. The SMILES string of the molecule is O=C1Nc2cccnc2/C=C\c2ccncc21. The highest BCUT2D eigenvalue weighted by atomic mass is 16.1. The smallest absolute Gasteiger partial charge is 0.257 e. The number of nitrogens with zero attached hydrogens (tertiary/aromatic N) is 2. The van der Waals surface area contributed by atoms with Gasteiger partial charge in [0.05, 0.1) is 16.9 Å². The third-order valence-electron chi connectivity index (χ3n) is 2.61. The molecule has 0 aromatic carbocycles. The van der Waals surface area contributed by atoms with E-state index in [0.29, 0.717) is 11.3 Å². The highest BCUT2D eigenvalue weighted by molar-refractivity contribution is 6.08. The number of carbonyl (C=O) groups excluding carboxylic acids is 1. The molecule has 3 heterocycles. The summed E-state index contributed by atoms with van der Waals surface area (Å²) in [6.07, 6.45) is 8.69. The molecular weight excluding hydrogens is 214 g/mol. The second kappa shape index (κ2) is 3.83. The molecule has 0 bridgehead atoms. The summed E-state index contributed by atoms with van der Waals surface area (Å²) in [4.78, 5) is 20.2. The fraction of sp³-hybridized carbons (Fsp3) is 0. The van der Waals surface area contributed by atoms with Crippen LogP contribution in [-0.4, -0.2) is 15.9 Å². The molecule has 4 nitrogen and oxygen atoms in total. The minimum absolute atomic E-state index is 0.160. The minimum Gasteiger partial charge on any atom is -0.320 e. The van der Waals surface area contributed by atoms with Crippen molar-refractivity contribution in [2.75, 3.05) is 5.32 Å². The van der Waals surface area contributed by atoms with Gasteiger partial charge in [0.2, 0.25) is 0 Å². The molecule has 0 saturated heterocycles. The zero-order valence-corrected chi connectivity index (χ0v) is 8.92. The lowest BCUT2D eigenvalue weighted by Crippen LogP contribution is -2.15. The van der Waals surface area contributed by atoms with Crippen molar-refractivity contribution in [2.24, 2.45) is 0 Å². The number of hydrogen-bond donors (Lipinski definition) is 1. The van der Waals surface area contributed by atoms with Gasteiger partial charge in [0, 0.05) is 18.6 Å². The van der Waals surface area contributed by atoms with Crippen molar-refractivity contribution in [3.05, 3.63) is 53.6 Å². The van der Waals surface area contributed by atoms with Gasteiger partial charge in [0.25, 0.3) is 5.91 Å². The Hall–Kier alpha value is -2.49. The van der Waals surface area contributed by atoms with E-state index in [1.165, 1.54) is 0 Å². The summed E-state index contributed by atoms with van der Waals surface area (Å²) in [5.41, 5.74) is 2.87. The molecule has 0 spiro atoms. The van der Waals surface area contributed by atoms with Crippen molar-refractivity contribution >= 4 is 23.7 Å². The van der Waals surface area contributed by atoms with Crippen LogP contribution >= 0.6 is 0 Å². The summed E-state index contributed by atoms with van der Waals surface area (Å²) in [7, 11) is 0. The van der Waals surface area contributed by atoms with Gasteiger partial charge in [-0.25, -0.2) is 0 Å². The van der Waals surface area contributed by atoms with Gasteiger partial charge < -0.3 is 5.32 Å². The maximum Gasteiger partial charge on any atom is 0.257 e. The van der Waals surface area contributed by atoms with E-state index in [-0.39, 0.29) is 5.91 Å². The van der Waals surface area contributed by atoms with Crippen molar-refractivity contribution in [1.29, 1.82) is 0 Å². The standard InChI is InChI=1S/C13H9N3O/c17-13-10-8-14-7-5-9(10)3-4-11-12(16-13)2-1-6-15-11/h1-8H,(H,16,17). The molecular formula is C13H9N3O. The molecule has 1 amide bonds. The second-order valence-electron chi connectivity index (χ2n) is 3.69. The molecule has 1 N–H and O–H groups in total. The maximum atomic E-state index is 12.0. The largest absolute Gasteiger partial charge is 0.320 e. The van der Waals surface area contributed by atoms with Crippen molar-refractivity contribution in [1.82, 2.24) is 9.97 Å². The first-order valence-corrected chi connectivity index (χ1v) is 5.23. The fourth-order valence-corrected chi connectivity index (χ4v) is 1.75. The number of nitrogens with one attached hydrogen (secondary N) is 1. The predicted octanol–water partition coefficient (Wildman–Crippen LogP) is 2.21. The average molecular weight is 223 g/mol. The molecule has 2 aromatic rings. The first-order chi connectivity index (χ1) is 8.34. The van der Waals surface area contributed by atoms with Crippen LogP contribution < -0.4 is 5.32 Å². The summed E-state index contributed by atoms with van der Waals surface area (Å²) in [6.45, 7) is 0. The highest BCUT2D eigenvalue weighted by Gasteiger charge is 2.14. The van der Waals surface area contributed by atoms with E-state index in [1.807, 2.05) is 18.2 Å². The van der Waals surface area contributed by atoms with Gasteiger partial charge in [-0.15, -0.1) is 0 Å². The predicted molar refractivity (Wildman–Crippen MR) is 65.4 cm³/mol. The van der Waals surface area contributed by atoms with Gasteiger partial charge in [0.1, 0.15) is 0 Å². The van der Waals surface area contributed by atoms with Gasteiger partial charge in [-0.3, -0.25) is 14.8 Å². The quantitative estimate of drug-likeness (QED) is 0.745. The van der Waals surface area contributed by atoms with Crippen LogP contribution in [0.2, 0.25) is 0 Å². The zero-order valence-electron chi connectivity index (χ0n) is 8.92. The Morgan fingerprint density at radius 3 is 3.00 bits per heavy atom. The van der Waals surface area contributed by atoms with Crippen molar-refractivity contribution in [3.63, 3.8) is 0 Å². The summed E-state index contributed by atoms with van der Waals surface area (Å²) in [5, 5.41) is 2.83. The minimum atomic E-state index is -0.160. The van der Waals surface area contributed by atoms with Gasteiger partial charge in [-0.2, -0.15) is 0 Å². The van der Waals surface area contributed by atoms with E-state index < -0.39 is 0 Å². The molecule has 0 unspecified atom stereocenters. The number of carbonyl (C=O) groups is 1. The van der Waals surface area contributed by atoms with E-state index in [4.69, 9.17) is 0 Å². The molecule has 0 aliphatic carbocycles. The summed E-state index contributed by atoms with van der Waals surface area (Å²) >= 11 is 0. The Bertz CT molecular complexity index is 620. The van der Waals surface area contributed by atoms with E-state index >= 15 is 0 Å². The van der Waals surface area contributed by atoms with Crippen LogP contribution in [-0.2, 0) is 0 Å². The topological polar surface area (TPSA) is 54.9 Å². The van der Waals surface area contributed by atoms with Crippen molar-refractivity contribution in [3.8, 4) is 0 Å². The normalized spacial score (nSPS) is 14.9. The Balaban J connectivity index is 2.19. The van der Waals surface area contributed by atoms with Crippen LogP contribution in [0.15, 0.2) is 36.8 Å². The summed E-state index contributed by atoms with van der Waals surface area (Å²) in [5.74, 6) is -0.160. The number of rotatable bonds is 0. The molecule has 82 valence electrons. The monoisotopic (exact) mass is 223 g/mol. The van der Waals surface area contributed by atoms with Crippen molar-refractivity contribution < 1.29 is 4.79 Å². The molecule has 1 aliphatic heterocycles. The van der Waals surface area contributed by atoms with Crippen LogP contribution in [0.3, 0.4) is 0 Å². The number of anilines is 1. The van der Waals surface area contributed by atoms with E-state index in [0.717, 1.165) is 11.3 Å². The Morgan fingerprint density at radius 2 is 2.06 bits per heavy atom. The Kier molecular flexibility index (Phi) is 2.19. The number of pyridine rings is 2. The molecule has 0 fully saturated rings. The molecule has 0 saturated carbocycles. The third-order valence-corrected chi connectivity index (χ3v) is 2.61. The molecule has 17 heavy (non-hydrogen) atoms. The number of fused-ring (bicyclic) bond motifs is 2. The Morgan fingerprint density at radius 1 is 1.12 bits per heavy atom. The van der Waals surface area contributed by atoms with Gasteiger partial charge in [0.15, 0.2) is 0 Å². The fourth-order valence-electron chi connectivity index (χ4n) is 1.75. The first kappa shape index (κ1) is 9.72. The second-order valence-corrected chi connectivity index (χ2v) is 3.69. The summed E-state index contributed by atoms with van der Waals surface area (Å²) < 4.78 is 0. The number of hydrogen-bond acceptors (Lipinski definition) is 3. The lowest BCUT2D eigenvalue weighted by atomic mass is 10.1. The molecule has 3 rings (SSSR count). The van der Waals surface area contributed by atoms with Gasteiger partial charge in [-0.05, 0) is 29.8 Å². The lowest BCUT2D eigenvalue weighted by Gasteiger charge is -2.12. The number of amides is 1. The molecule has 1 aliphatic rings.